The number of pyridine rings is 1. The maximum Gasteiger partial charge on any atom is 0.259 e. The first-order valence-electron chi connectivity index (χ1n) is 8.63. The Morgan fingerprint density at radius 1 is 1.35 bits per heavy atom. The highest BCUT2D eigenvalue weighted by Crippen LogP contribution is 2.27. The Hall–Kier alpha value is -2.77. The summed E-state index contributed by atoms with van der Waals surface area (Å²) in [5, 5.41) is 20.5. The molecule has 7 nitrogen and oxygen atoms in total. The van der Waals surface area contributed by atoms with Crippen molar-refractivity contribution in [2.24, 2.45) is 5.92 Å². The number of aromatic nitrogens is 2. The monoisotopic (exact) mass is 352 g/mol. The minimum atomic E-state index is -0.440. The highest BCUT2D eigenvalue weighted by atomic mass is 16.5. The van der Waals surface area contributed by atoms with E-state index in [2.05, 4.69) is 20.8 Å². The van der Waals surface area contributed by atoms with Crippen LogP contribution in [0.25, 0.3) is 22.4 Å². The molecular weight excluding hydrogens is 332 g/mol. The first-order valence-corrected chi connectivity index (χ1v) is 8.63. The van der Waals surface area contributed by atoms with Crippen LogP contribution in [0.4, 0.5) is 0 Å². The summed E-state index contributed by atoms with van der Waals surface area (Å²) < 4.78 is 5.31. The fourth-order valence-electron chi connectivity index (χ4n) is 3.28. The molecule has 26 heavy (non-hydrogen) atoms. The van der Waals surface area contributed by atoms with Crippen molar-refractivity contribution in [3.05, 3.63) is 47.7 Å². The van der Waals surface area contributed by atoms with Crippen molar-refractivity contribution < 1.29 is 14.4 Å². The van der Waals surface area contributed by atoms with E-state index >= 15 is 0 Å². The molecule has 0 saturated carbocycles. The second-order valence-electron chi connectivity index (χ2n) is 6.56. The van der Waals surface area contributed by atoms with Crippen LogP contribution in [0.1, 0.15) is 16.1 Å². The Morgan fingerprint density at radius 3 is 2.88 bits per heavy atom. The number of nitrogens with one attached hydrogen (secondary N) is 2. The first-order chi connectivity index (χ1) is 12.6. The van der Waals surface area contributed by atoms with E-state index in [1.165, 1.54) is 0 Å². The van der Waals surface area contributed by atoms with Crippen molar-refractivity contribution >= 4 is 17.0 Å². The lowest BCUT2D eigenvalue weighted by Gasteiger charge is -2.14. The molecular formula is C19H20N4O3. The molecule has 0 spiro atoms. The van der Waals surface area contributed by atoms with E-state index in [0.717, 1.165) is 5.56 Å². The number of hydrogen-bond acceptors (Lipinski definition) is 6. The van der Waals surface area contributed by atoms with E-state index in [9.17, 15) is 9.90 Å². The van der Waals surface area contributed by atoms with Gasteiger partial charge in [0.2, 0.25) is 0 Å². The van der Waals surface area contributed by atoms with Crippen molar-refractivity contribution in [3.8, 4) is 11.3 Å². The average Bonchev–Trinajstić information content (AvgIpc) is 3.25. The molecule has 2 aromatic heterocycles. The molecule has 0 radical (unpaired) electrons. The third kappa shape index (κ3) is 3.07. The third-order valence-electron chi connectivity index (χ3n) is 4.76. The Kier molecular flexibility index (Phi) is 4.40. The fourth-order valence-corrected chi connectivity index (χ4v) is 3.28. The summed E-state index contributed by atoms with van der Waals surface area (Å²) >= 11 is 0. The number of hydrogen-bond donors (Lipinski definition) is 3. The molecule has 4 rings (SSSR count). The number of carbonyl (C=O) groups excluding carboxylic acids is 1. The summed E-state index contributed by atoms with van der Waals surface area (Å²) in [4.78, 5) is 17.3. The molecule has 3 aromatic rings. The van der Waals surface area contributed by atoms with Crippen LogP contribution in [0.15, 0.2) is 40.9 Å². The Balaban J connectivity index is 1.68. The lowest BCUT2D eigenvalue weighted by Crippen LogP contribution is -2.34. The highest BCUT2D eigenvalue weighted by Gasteiger charge is 2.26. The topological polar surface area (TPSA) is 100 Å². The van der Waals surface area contributed by atoms with E-state index in [4.69, 9.17) is 4.52 Å². The zero-order valence-electron chi connectivity index (χ0n) is 14.4. The van der Waals surface area contributed by atoms with Gasteiger partial charge in [0.05, 0.1) is 28.4 Å². The van der Waals surface area contributed by atoms with Crippen molar-refractivity contribution in [2.75, 3.05) is 19.6 Å². The van der Waals surface area contributed by atoms with E-state index in [1.807, 2.05) is 30.3 Å². The summed E-state index contributed by atoms with van der Waals surface area (Å²) in [6, 6.07) is 11.4. The van der Waals surface area contributed by atoms with Crippen LogP contribution >= 0.6 is 0 Å². The summed E-state index contributed by atoms with van der Waals surface area (Å²) in [5.74, 6) is -0.214. The van der Waals surface area contributed by atoms with Crippen LogP contribution in [-0.2, 0) is 0 Å². The molecule has 2 unspecified atom stereocenters. The van der Waals surface area contributed by atoms with Crippen LogP contribution in [0.2, 0.25) is 0 Å². The Labute approximate surface area is 150 Å². The van der Waals surface area contributed by atoms with E-state index in [1.54, 1.807) is 13.0 Å². The van der Waals surface area contributed by atoms with Gasteiger partial charge >= 0.3 is 0 Å². The minimum Gasteiger partial charge on any atom is -0.391 e. The fraction of sp³-hybridized carbons (Fsp3) is 0.316. The molecule has 2 atom stereocenters. The zero-order valence-corrected chi connectivity index (χ0v) is 14.4. The lowest BCUT2D eigenvalue weighted by molar-refractivity contribution is 0.0928. The molecule has 3 heterocycles. The van der Waals surface area contributed by atoms with Gasteiger partial charge in [-0.1, -0.05) is 35.5 Å². The van der Waals surface area contributed by atoms with Gasteiger partial charge in [-0.25, -0.2) is 4.98 Å². The van der Waals surface area contributed by atoms with Crippen LogP contribution in [0.5, 0.6) is 0 Å². The first kappa shape index (κ1) is 16.7. The molecule has 1 fully saturated rings. The number of amides is 1. The van der Waals surface area contributed by atoms with E-state index < -0.39 is 6.10 Å². The second kappa shape index (κ2) is 6.86. The van der Waals surface area contributed by atoms with Gasteiger partial charge < -0.3 is 20.3 Å². The molecule has 1 aliphatic heterocycles. The van der Waals surface area contributed by atoms with Crippen molar-refractivity contribution in [3.63, 3.8) is 0 Å². The number of carbonyl (C=O) groups is 1. The lowest BCUT2D eigenvalue weighted by atomic mass is 10.0. The number of fused-ring (bicyclic) bond motifs is 1. The quantitative estimate of drug-likeness (QED) is 0.658. The van der Waals surface area contributed by atoms with Gasteiger partial charge in [0.25, 0.3) is 11.6 Å². The molecule has 0 aliphatic carbocycles. The maximum atomic E-state index is 12.8. The molecule has 134 valence electrons. The van der Waals surface area contributed by atoms with Crippen LogP contribution in [0, 0.1) is 12.8 Å². The van der Waals surface area contributed by atoms with Crippen molar-refractivity contribution in [2.45, 2.75) is 13.0 Å². The number of aryl methyl sites for hydroxylation is 1. The SMILES string of the molecule is Cc1noc2nc(-c3ccccc3)cc(C(=O)NCC3CNCC3O)c12. The number of nitrogens with zero attached hydrogens (tertiary/aromatic N) is 2. The van der Waals surface area contributed by atoms with Gasteiger partial charge in [0.15, 0.2) is 0 Å². The predicted molar refractivity (Wildman–Crippen MR) is 96.7 cm³/mol. The van der Waals surface area contributed by atoms with E-state index in [0.29, 0.717) is 47.7 Å². The summed E-state index contributed by atoms with van der Waals surface area (Å²) in [6.45, 7) is 3.44. The van der Waals surface area contributed by atoms with Gasteiger partial charge in [0, 0.05) is 31.1 Å². The van der Waals surface area contributed by atoms with E-state index in [-0.39, 0.29) is 11.8 Å². The van der Waals surface area contributed by atoms with Gasteiger partial charge in [-0.3, -0.25) is 4.79 Å². The molecule has 1 aliphatic rings. The number of benzene rings is 1. The normalized spacial score (nSPS) is 19.8. The Morgan fingerprint density at radius 2 is 2.15 bits per heavy atom. The number of aliphatic hydroxyl groups is 1. The molecule has 7 heteroatoms. The van der Waals surface area contributed by atoms with Gasteiger partial charge in [-0.2, -0.15) is 0 Å². The molecule has 1 saturated heterocycles. The summed E-state index contributed by atoms with van der Waals surface area (Å²) in [7, 11) is 0. The largest absolute Gasteiger partial charge is 0.391 e. The predicted octanol–water partition coefficient (Wildman–Crippen LogP) is 1.51. The highest BCUT2D eigenvalue weighted by molar-refractivity contribution is 6.07. The number of rotatable bonds is 4. The van der Waals surface area contributed by atoms with Crippen LogP contribution in [-0.4, -0.2) is 46.9 Å². The van der Waals surface area contributed by atoms with Crippen molar-refractivity contribution in [1.82, 2.24) is 20.8 Å². The van der Waals surface area contributed by atoms with Gasteiger partial charge in [0.1, 0.15) is 0 Å². The third-order valence-corrected chi connectivity index (χ3v) is 4.76. The molecule has 3 N–H and O–H groups in total. The van der Waals surface area contributed by atoms with Crippen LogP contribution in [0.3, 0.4) is 0 Å². The molecule has 1 amide bonds. The van der Waals surface area contributed by atoms with Gasteiger partial charge in [-0.15, -0.1) is 0 Å². The standard InChI is InChI=1S/C19H20N4O3/c1-11-17-14(18(25)21-9-13-8-20-10-16(13)24)7-15(22-19(17)26-23-11)12-5-3-2-4-6-12/h2-7,13,16,20,24H,8-10H2,1H3,(H,21,25). The smallest absolute Gasteiger partial charge is 0.259 e. The number of β-amino-alcohol motifs (C(OH)–C–C–N with tert-alkyl or cyclic N) is 1. The molecule has 0 bridgehead atoms. The summed E-state index contributed by atoms with van der Waals surface area (Å²) in [6.07, 6.45) is -0.440. The second-order valence-corrected chi connectivity index (χ2v) is 6.56. The van der Waals surface area contributed by atoms with Crippen molar-refractivity contribution in [1.29, 1.82) is 0 Å². The maximum absolute atomic E-state index is 12.8. The van der Waals surface area contributed by atoms with Gasteiger partial charge in [-0.05, 0) is 13.0 Å². The zero-order chi connectivity index (χ0) is 18.1. The molecule has 1 aromatic carbocycles. The summed E-state index contributed by atoms with van der Waals surface area (Å²) in [5.41, 5.74) is 3.00. The minimum absolute atomic E-state index is 0.00782. The Bertz CT molecular complexity index is 939. The average molecular weight is 352 g/mol. The number of aliphatic hydroxyl groups excluding tert-OH is 1. The van der Waals surface area contributed by atoms with Crippen LogP contribution < -0.4 is 10.6 Å².